The molecule has 0 saturated heterocycles. The van der Waals surface area contributed by atoms with Gasteiger partial charge in [0.2, 0.25) is 17.7 Å². The number of rotatable bonds is 13. The quantitative estimate of drug-likeness (QED) is 0.180. The molecule has 0 bridgehead atoms. The van der Waals surface area contributed by atoms with Crippen LogP contribution in [0.5, 0.6) is 0 Å². The number of aliphatic hydroxyl groups is 1. The molecular formula is C23H32N6O6. The molecule has 190 valence electrons. The molecule has 4 unspecified atom stereocenters. The molecule has 0 aliphatic heterocycles. The second-order valence-corrected chi connectivity index (χ2v) is 8.45. The molecule has 2 aromatic rings. The largest absolute Gasteiger partial charge is 0.480 e. The van der Waals surface area contributed by atoms with Crippen molar-refractivity contribution in [3.63, 3.8) is 0 Å². The number of aromatic amines is 1. The fraction of sp³-hybridized carbons (Fsp3) is 0.435. The number of carbonyl (C=O) groups is 4. The van der Waals surface area contributed by atoms with Gasteiger partial charge in [0.25, 0.3) is 0 Å². The van der Waals surface area contributed by atoms with Crippen molar-refractivity contribution in [2.75, 3.05) is 6.61 Å². The third-order valence-corrected chi connectivity index (χ3v) is 5.29. The first-order chi connectivity index (χ1) is 16.6. The highest BCUT2D eigenvalue weighted by Crippen LogP contribution is 2.06. The van der Waals surface area contributed by atoms with Crippen LogP contribution in [-0.4, -0.2) is 74.6 Å². The number of aromatic nitrogens is 2. The van der Waals surface area contributed by atoms with Crippen LogP contribution in [0, 0.1) is 5.92 Å². The summed E-state index contributed by atoms with van der Waals surface area (Å²) in [6.07, 6.45) is 3.25. The van der Waals surface area contributed by atoms with Gasteiger partial charge in [-0.3, -0.25) is 14.4 Å². The summed E-state index contributed by atoms with van der Waals surface area (Å²) < 4.78 is 0. The number of aliphatic hydroxyl groups excluding tert-OH is 1. The average Bonchev–Trinajstić information content (AvgIpc) is 3.33. The van der Waals surface area contributed by atoms with Gasteiger partial charge in [-0.2, -0.15) is 0 Å². The Morgan fingerprint density at radius 2 is 1.60 bits per heavy atom. The molecule has 35 heavy (non-hydrogen) atoms. The number of carboxylic acids is 1. The molecule has 0 fully saturated rings. The Labute approximate surface area is 202 Å². The van der Waals surface area contributed by atoms with E-state index in [1.54, 1.807) is 44.2 Å². The van der Waals surface area contributed by atoms with Crippen LogP contribution in [0.25, 0.3) is 0 Å². The van der Waals surface area contributed by atoms with Crippen molar-refractivity contribution in [3.05, 3.63) is 54.1 Å². The van der Waals surface area contributed by atoms with E-state index in [9.17, 15) is 29.4 Å². The number of hydrogen-bond acceptors (Lipinski definition) is 7. The van der Waals surface area contributed by atoms with Crippen molar-refractivity contribution in [1.29, 1.82) is 0 Å². The molecule has 0 radical (unpaired) electrons. The number of benzene rings is 1. The van der Waals surface area contributed by atoms with E-state index in [1.165, 1.54) is 12.5 Å². The number of amides is 3. The SMILES string of the molecule is CC(C)C(NC(=O)C(CO)NC(=O)C(Cc1ccccc1)NC(=O)C(N)Cc1cnc[nH]1)C(=O)O. The number of nitrogens with two attached hydrogens (primary N) is 1. The Balaban J connectivity index is 2.13. The fourth-order valence-corrected chi connectivity index (χ4v) is 3.30. The Morgan fingerprint density at radius 1 is 0.971 bits per heavy atom. The van der Waals surface area contributed by atoms with Crippen LogP contribution in [0.1, 0.15) is 25.1 Å². The molecule has 0 aliphatic carbocycles. The predicted molar refractivity (Wildman–Crippen MR) is 126 cm³/mol. The van der Waals surface area contributed by atoms with E-state index in [4.69, 9.17) is 5.73 Å². The zero-order valence-electron chi connectivity index (χ0n) is 19.6. The Hall–Kier alpha value is -3.77. The standard InChI is InChI=1S/C23H32N6O6/c1-13(2)19(23(34)35)29-22(33)18(11-30)28-21(32)17(8-14-6-4-3-5-7-14)27-20(31)16(24)9-15-10-25-12-26-15/h3-7,10,12-13,16-19,30H,8-9,11,24H2,1-2H3,(H,25,26)(H,27,31)(H,28,32)(H,29,33)(H,34,35). The summed E-state index contributed by atoms with van der Waals surface area (Å²) in [5.74, 6) is -3.85. The Morgan fingerprint density at radius 3 is 2.14 bits per heavy atom. The Bertz CT molecular complexity index is 982. The summed E-state index contributed by atoms with van der Waals surface area (Å²) in [7, 11) is 0. The summed E-state index contributed by atoms with van der Waals surface area (Å²) in [6.45, 7) is 2.46. The number of hydrogen-bond donors (Lipinski definition) is 7. The van der Waals surface area contributed by atoms with Gasteiger partial charge in [-0.15, -0.1) is 0 Å². The molecule has 2 rings (SSSR count). The van der Waals surface area contributed by atoms with Gasteiger partial charge in [0.15, 0.2) is 0 Å². The molecule has 12 nitrogen and oxygen atoms in total. The van der Waals surface area contributed by atoms with Crippen molar-refractivity contribution in [3.8, 4) is 0 Å². The Kier molecular flexibility index (Phi) is 10.4. The maximum Gasteiger partial charge on any atom is 0.326 e. The molecule has 1 aromatic heterocycles. The van der Waals surface area contributed by atoms with E-state index in [0.717, 1.165) is 5.56 Å². The number of nitrogens with one attached hydrogen (secondary N) is 4. The molecule has 0 spiro atoms. The molecule has 3 amide bonds. The maximum absolute atomic E-state index is 13.1. The topological polar surface area (TPSA) is 200 Å². The van der Waals surface area contributed by atoms with Crippen molar-refractivity contribution in [2.45, 2.75) is 50.9 Å². The third-order valence-electron chi connectivity index (χ3n) is 5.29. The van der Waals surface area contributed by atoms with E-state index >= 15 is 0 Å². The number of carboxylic acid groups (broad SMARTS) is 1. The van der Waals surface area contributed by atoms with Gasteiger partial charge in [0.1, 0.15) is 18.1 Å². The highest BCUT2D eigenvalue weighted by Gasteiger charge is 2.31. The predicted octanol–water partition coefficient (Wildman–Crippen LogP) is -1.29. The van der Waals surface area contributed by atoms with Crippen LogP contribution in [-0.2, 0) is 32.0 Å². The van der Waals surface area contributed by atoms with Crippen LogP contribution in [0.4, 0.5) is 0 Å². The lowest BCUT2D eigenvalue weighted by Gasteiger charge is -2.25. The van der Waals surface area contributed by atoms with Gasteiger partial charge in [-0.25, -0.2) is 9.78 Å². The lowest BCUT2D eigenvalue weighted by molar-refractivity contribution is -0.143. The second-order valence-electron chi connectivity index (χ2n) is 8.45. The van der Waals surface area contributed by atoms with Crippen molar-refractivity contribution in [1.82, 2.24) is 25.9 Å². The molecule has 12 heteroatoms. The van der Waals surface area contributed by atoms with Crippen LogP contribution >= 0.6 is 0 Å². The number of H-pyrrole nitrogens is 1. The first-order valence-electron chi connectivity index (χ1n) is 11.1. The molecule has 4 atom stereocenters. The van der Waals surface area contributed by atoms with Gasteiger partial charge < -0.3 is 36.9 Å². The normalized spacial score (nSPS) is 14.4. The van der Waals surface area contributed by atoms with Crippen molar-refractivity contribution in [2.24, 2.45) is 11.7 Å². The molecule has 0 saturated carbocycles. The van der Waals surface area contributed by atoms with Gasteiger partial charge in [-0.05, 0) is 11.5 Å². The number of carbonyl (C=O) groups excluding carboxylic acids is 3. The molecule has 1 heterocycles. The smallest absolute Gasteiger partial charge is 0.326 e. The summed E-state index contributed by atoms with van der Waals surface area (Å²) in [5.41, 5.74) is 7.37. The zero-order valence-corrected chi connectivity index (χ0v) is 19.6. The number of aliphatic carboxylic acids is 1. The lowest BCUT2D eigenvalue weighted by Crippen LogP contribution is -2.59. The molecule has 8 N–H and O–H groups in total. The lowest BCUT2D eigenvalue weighted by atomic mass is 10.0. The minimum Gasteiger partial charge on any atom is -0.480 e. The number of imidazole rings is 1. The fourth-order valence-electron chi connectivity index (χ4n) is 3.30. The van der Waals surface area contributed by atoms with E-state index in [1.807, 2.05) is 0 Å². The van der Waals surface area contributed by atoms with Gasteiger partial charge >= 0.3 is 5.97 Å². The van der Waals surface area contributed by atoms with Crippen molar-refractivity contribution < 1.29 is 29.4 Å². The summed E-state index contributed by atoms with van der Waals surface area (Å²) in [5, 5.41) is 26.3. The average molecular weight is 489 g/mol. The van der Waals surface area contributed by atoms with E-state index in [2.05, 4.69) is 25.9 Å². The van der Waals surface area contributed by atoms with Gasteiger partial charge in [0.05, 0.1) is 19.0 Å². The monoisotopic (exact) mass is 488 g/mol. The van der Waals surface area contributed by atoms with E-state index < -0.39 is 60.4 Å². The van der Waals surface area contributed by atoms with E-state index in [-0.39, 0.29) is 12.8 Å². The zero-order chi connectivity index (χ0) is 26.0. The maximum atomic E-state index is 13.1. The first kappa shape index (κ1) is 27.5. The highest BCUT2D eigenvalue weighted by molar-refractivity contribution is 5.94. The van der Waals surface area contributed by atoms with Crippen LogP contribution in [0.2, 0.25) is 0 Å². The van der Waals surface area contributed by atoms with Crippen LogP contribution < -0.4 is 21.7 Å². The second kappa shape index (κ2) is 13.2. The first-order valence-corrected chi connectivity index (χ1v) is 11.1. The van der Waals surface area contributed by atoms with Crippen LogP contribution in [0.15, 0.2) is 42.9 Å². The number of nitrogens with zero attached hydrogens (tertiary/aromatic N) is 1. The highest BCUT2D eigenvalue weighted by atomic mass is 16.4. The van der Waals surface area contributed by atoms with E-state index in [0.29, 0.717) is 5.69 Å². The van der Waals surface area contributed by atoms with Crippen molar-refractivity contribution >= 4 is 23.7 Å². The summed E-state index contributed by atoms with van der Waals surface area (Å²) in [4.78, 5) is 56.4. The van der Waals surface area contributed by atoms with Crippen LogP contribution in [0.3, 0.4) is 0 Å². The summed E-state index contributed by atoms with van der Waals surface area (Å²) >= 11 is 0. The minimum absolute atomic E-state index is 0.0959. The molecule has 0 aliphatic rings. The summed E-state index contributed by atoms with van der Waals surface area (Å²) in [6, 6.07) is 4.19. The van der Waals surface area contributed by atoms with Gasteiger partial charge in [-0.1, -0.05) is 44.2 Å². The molecular weight excluding hydrogens is 456 g/mol. The minimum atomic E-state index is -1.42. The third kappa shape index (κ3) is 8.50. The van der Waals surface area contributed by atoms with Gasteiger partial charge in [0, 0.05) is 24.7 Å². The molecule has 1 aromatic carbocycles.